The zero-order chi connectivity index (χ0) is 20.5. The molecule has 0 fully saturated rings. The molecule has 0 spiro atoms. The lowest BCUT2D eigenvalue weighted by molar-refractivity contribution is 0.477. The molecule has 0 saturated carbocycles. The van der Waals surface area contributed by atoms with Gasteiger partial charge in [0.15, 0.2) is 11.6 Å². The Morgan fingerprint density at radius 1 is 0.867 bits per heavy atom. The number of H-pyrrole nitrogens is 1. The molecule has 0 aliphatic carbocycles. The summed E-state index contributed by atoms with van der Waals surface area (Å²) in [6, 6.07) is 25.0. The van der Waals surface area contributed by atoms with Crippen LogP contribution in [0.4, 0.5) is 11.6 Å². The van der Waals surface area contributed by atoms with Crippen LogP contribution < -0.4 is 5.32 Å². The number of phenols is 1. The van der Waals surface area contributed by atoms with Gasteiger partial charge in [0.05, 0.1) is 16.8 Å². The number of para-hydroxylation sites is 2. The van der Waals surface area contributed by atoms with Gasteiger partial charge in [0.25, 0.3) is 0 Å². The highest BCUT2D eigenvalue weighted by Gasteiger charge is 2.14. The predicted molar refractivity (Wildman–Crippen MR) is 119 cm³/mol. The summed E-state index contributed by atoms with van der Waals surface area (Å²) in [6.45, 7) is 2.01. The number of anilines is 2. The van der Waals surface area contributed by atoms with E-state index in [1.165, 1.54) is 0 Å². The van der Waals surface area contributed by atoms with E-state index in [1.807, 2.05) is 67.6 Å². The van der Waals surface area contributed by atoms with Crippen molar-refractivity contribution in [2.75, 3.05) is 5.32 Å². The summed E-state index contributed by atoms with van der Waals surface area (Å²) in [5.41, 5.74) is 4.40. The van der Waals surface area contributed by atoms with E-state index >= 15 is 0 Å². The highest BCUT2D eigenvalue weighted by molar-refractivity contribution is 5.94. The summed E-state index contributed by atoms with van der Waals surface area (Å²) in [4.78, 5) is 9.44. The highest BCUT2D eigenvalue weighted by atomic mass is 16.3. The fourth-order valence-corrected chi connectivity index (χ4v) is 3.45. The largest absolute Gasteiger partial charge is 0.507 e. The first kappa shape index (κ1) is 17.9. The van der Waals surface area contributed by atoms with Crippen LogP contribution in [0.1, 0.15) is 5.56 Å². The number of aromatic nitrogens is 4. The first-order chi connectivity index (χ1) is 14.7. The molecule has 30 heavy (non-hydrogen) atoms. The molecule has 2 aromatic heterocycles. The van der Waals surface area contributed by atoms with Crippen LogP contribution in [0.3, 0.4) is 0 Å². The minimum Gasteiger partial charge on any atom is -0.507 e. The van der Waals surface area contributed by atoms with Crippen molar-refractivity contribution in [3.8, 4) is 28.4 Å². The maximum atomic E-state index is 10.3. The molecule has 146 valence electrons. The lowest BCUT2D eigenvalue weighted by Crippen LogP contribution is -2.00. The molecule has 0 aliphatic heterocycles. The van der Waals surface area contributed by atoms with Gasteiger partial charge in [0.2, 0.25) is 0 Å². The number of hydrogen-bond donors (Lipinski definition) is 3. The van der Waals surface area contributed by atoms with Crippen LogP contribution in [0.15, 0.2) is 78.9 Å². The summed E-state index contributed by atoms with van der Waals surface area (Å²) in [7, 11) is 0. The Balaban J connectivity index is 1.61. The fourth-order valence-electron chi connectivity index (χ4n) is 3.45. The Morgan fingerprint density at radius 3 is 2.50 bits per heavy atom. The molecule has 6 nitrogen and oxygen atoms in total. The van der Waals surface area contributed by atoms with Crippen LogP contribution in [-0.2, 0) is 0 Å². The molecular formula is C24H19N5O. The second-order valence-corrected chi connectivity index (χ2v) is 7.04. The zero-order valence-electron chi connectivity index (χ0n) is 16.3. The van der Waals surface area contributed by atoms with Crippen molar-refractivity contribution in [3.63, 3.8) is 0 Å². The Kier molecular flexibility index (Phi) is 4.37. The summed E-state index contributed by atoms with van der Waals surface area (Å²) >= 11 is 0. The quantitative estimate of drug-likeness (QED) is 0.378. The molecule has 6 heteroatoms. The summed E-state index contributed by atoms with van der Waals surface area (Å²) in [5, 5.41) is 22.0. The molecule has 0 saturated heterocycles. The molecule has 0 unspecified atom stereocenters. The Hall–Kier alpha value is -4.19. The summed E-state index contributed by atoms with van der Waals surface area (Å²) in [6.07, 6.45) is 0. The molecule has 2 heterocycles. The highest BCUT2D eigenvalue weighted by Crippen LogP contribution is 2.32. The number of phenolic OH excluding ortho intramolecular Hbond substituents is 1. The van der Waals surface area contributed by atoms with Gasteiger partial charge in [-0.1, -0.05) is 54.6 Å². The van der Waals surface area contributed by atoms with Crippen molar-refractivity contribution in [2.24, 2.45) is 0 Å². The first-order valence-corrected chi connectivity index (χ1v) is 9.62. The van der Waals surface area contributed by atoms with Gasteiger partial charge in [-0.25, -0.2) is 9.97 Å². The monoisotopic (exact) mass is 393 g/mol. The first-order valence-electron chi connectivity index (χ1n) is 9.62. The maximum Gasteiger partial charge on any atom is 0.165 e. The Bertz CT molecular complexity index is 1340. The third-order valence-electron chi connectivity index (χ3n) is 4.98. The van der Waals surface area contributed by atoms with Crippen LogP contribution in [0.25, 0.3) is 33.5 Å². The molecule has 5 aromatic rings. The van der Waals surface area contributed by atoms with Crippen molar-refractivity contribution in [2.45, 2.75) is 6.92 Å². The SMILES string of the molecule is Cc1cccc2c(Nc3cc(-c4ccccc4)[nH]n3)nc(-c3ccccc3O)nc12. The lowest BCUT2D eigenvalue weighted by atomic mass is 10.1. The van der Waals surface area contributed by atoms with E-state index in [2.05, 4.69) is 15.5 Å². The van der Waals surface area contributed by atoms with Gasteiger partial charge in [-0.05, 0) is 36.2 Å². The number of aromatic hydroxyl groups is 1. The number of nitrogens with one attached hydrogen (secondary N) is 2. The van der Waals surface area contributed by atoms with Crippen LogP contribution >= 0.6 is 0 Å². The summed E-state index contributed by atoms with van der Waals surface area (Å²) in [5.74, 6) is 1.88. The van der Waals surface area contributed by atoms with E-state index in [1.54, 1.807) is 18.2 Å². The number of nitrogens with zero attached hydrogens (tertiary/aromatic N) is 3. The Morgan fingerprint density at radius 2 is 1.67 bits per heavy atom. The normalized spacial score (nSPS) is 11.0. The van der Waals surface area contributed by atoms with Crippen LogP contribution in [0.2, 0.25) is 0 Å². The topological polar surface area (TPSA) is 86.7 Å². The van der Waals surface area contributed by atoms with Crippen molar-refractivity contribution in [1.82, 2.24) is 20.2 Å². The van der Waals surface area contributed by atoms with Gasteiger partial charge >= 0.3 is 0 Å². The van der Waals surface area contributed by atoms with Crippen molar-refractivity contribution in [1.29, 1.82) is 0 Å². The van der Waals surface area contributed by atoms with Gasteiger partial charge < -0.3 is 10.4 Å². The van der Waals surface area contributed by atoms with E-state index in [9.17, 15) is 5.11 Å². The summed E-state index contributed by atoms with van der Waals surface area (Å²) < 4.78 is 0. The smallest absolute Gasteiger partial charge is 0.165 e. The standard InChI is InChI=1S/C24H19N5O/c1-15-8-7-12-18-22(15)26-23(17-11-5-6-13-20(17)30)27-24(18)25-21-14-19(28-29-21)16-9-3-2-4-10-16/h2-14,30H,1H3,(H2,25,26,27,28,29). The van der Waals surface area contributed by atoms with E-state index in [4.69, 9.17) is 9.97 Å². The number of benzene rings is 3. The van der Waals surface area contributed by atoms with Crippen LogP contribution in [0.5, 0.6) is 5.75 Å². The Labute approximate surface area is 173 Å². The molecular weight excluding hydrogens is 374 g/mol. The van der Waals surface area contributed by atoms with E-state index in [-0.39, 0.29) is 5.75 Å². The molecule has 5 rings (SSSR count). The van der Waals surface area contributed by atoms with E-state index in [0.29, 0.717) is 23.0 Å². The van der Waals surface area contributed by atoms with Gasteiger partial charge in [0, 0.05) is 11.5 Å². The van der Waals surface area contributed by atoms with E-state index < -0.39 is 0 Å². The third-order valence-corrected chi connectivity index (χ3v) is 4.98. The second kappa shape index (κ2) is 7.33. The van der Waals surface area contributed by atoms with Gasteiger partial charge in [0.1, 0.15) is 11.6 Å². The number of aromatic amines is 1. The number of fused-ring (bicyclic) bond motifs is 1. The van der Waals surface area contributed by atoms with Gasteiger partial charge in [-0.15, -0.1) is 0 Å². The maximum absolute atomic E-state index is 10.3. The van der Waals surface area contributed by atoms with Crippen LogP contribution in [-0.4, -0.2) is 25.3 Å². The molecule has 0 aliphatic rings. The zero-order valence-corrected chi connectivity index (χ0v) is 16.3. The molecule has 3 aromatic carbocycles. The average molecular weight is 393 g/mol. The second-order valence-electron chi connectivity index (χ2n) is 7.04. The van der Waals surface area contributed by atoms with Gasteiger partial charge in [-0.2, -0.15) is 5.10 Å². The average Bonchev–Trinajstić information content (AvgIpc) is 3.24. The molecule has 0 bridgehead atoms. The van der Waals surface area contributed by atoms with Crippen LogP contribution in [0, 0.1) is 6.92 Å². The fraction of sp³-hybridized carbons (Fsp3) is 0.0417. The molecule has 3 N–H and O–H groups in total. The van der Waals surface area contributed by atoms with Crippen molar-refractivity contribution >= 4 is 22.5 Å². The minimum atomic E-state index is 0.141. The van der Waals surface area contributed by atoms with Crippen molar-refractivity contribution < 1.29 is 5.11 Å². The third kappa shape index (κ3) is 3.24. The van der Waals surface area contributed by atoms with Gasteiger partial charge in [-0.3, -0.25) is 5.10 Å². The predicted octanol–water partition coefficient (Wildman–Crippen LogP) is 5.44. The number of aryl methyl sites for hydroxylation is 1. The number of rotatable bonds is 4. The lowest BCUT2D eigenvalue weighted by Gasteiger charge is -2.11. The van der Waals surface area contributed by atoms with Crippen molar-refractivity contribution in [3.05, 3.63) is 84.4 Å². The minimum absolute atomic E-state index is 0.141. The molecule has 0 amide bonds. The molecule has 0 atom stereocenters. The molecule has 0 radical (unpaired) electrons. The number of hydrogen-bond acceptors (Lipinski definition) is 5. The van der Waals surface area contributed by atoms with E-state index in [0.717, 1.165) is 27.7 Å².